The predicted octanol–water partition coefficient (Wildman–Crippen LogP) is 5.55. The van der Waals surface area contributed by atoms with Gasteiger partial charge in [-0.2, -0.15) is 5.26 Å². The first-order valence-corrected chi connectivity index (χ1v) is 10.6. The summed E-state index contributed by atoms with van der Waals surface area (Å²) in [6, 6.07) is 23.9. The van der Waals surface area contributed by atoms with Crippen LogP contribution in [0.1, 0.15) is 16.8 Å². The number of pyridine rings is 2. The molecule has 2 aromatic carbocycles. The minimum absolute atomic E-state index is 0.598. The first-order chi connectivity index (χ1) is 16.2. The van der Waals surface area contributed by atoms with E-state index >= 15 is 0 Å². The first kappa shape index (κ1) is 20.3. The summed E-state index contributed by atoms with van der Waals surface area (Å²) in [7, 11) is 0. The van der Waals surface area contributed by atoms with E-state index in [9.17, 15) is 0 Å². The van der Waals surface area contributed by atoms with E-state index in [2.05, 4.69) is 37.4 Å². The highest BCUT2D eigenvalue weighted by atomic mass is 15.0. The molecule has 0 bridgehead atoms. The van der Waals surface area contributed by atoms with Gasteiger partial charge in [0.25, 0.3) is 0 Å². The van der Waals surface area contributed by atoms with Gasteiger partial charge in [-0.25, -0.2) is 9.97 Å². The highest BCUT2D eigenvalue weighted by molar-refractivity contribution is 5.92. The highest BCUT2D eigenvalue weighted by Crippen LogP contribution is 2.27. The number of fused-ring (bicyclic) bond motifs is 1. The van der Waals surface area contributed by atoms with E-state index in [-0.39, 0.29) is 0 Å². The second kappa shape index (κ2) is 8.85. The smallest absolute Gasteiger partial charge is 0.137 e. The van der Waals surface area contributed by atoms with Crippen LogP contribution in [0.5, 0.6) is 0 Å². The maximum absolute atomic E-state index is 9.17. The molecule has 0 saturated heterocycles. The molecule has 0 aliphatic rings. The van der Waals surface area contributed by atoms with Gasteiger partial charge in [0.15, 0.2) is 0 Å². The van der Waals surface area contributed by atoms with Gasteiger partial charge in [-0.15, -0.1) is 0 Å². The Hall–Kier alpha value is -4.63. The molecular formula is C27H20N6. The lowest BCUT2D eigenvalue weighted by Crippen LogP contribution is -2.03. The third-order valence-corrected chi connectivity index (χ3v) is 5.44. The van der Waals surface area contributed by atoms with Crippen LogP contribution in [0.2, 0.25) is 0 Å². The lowest BCUT2D eigenvalue weighted by Gasteiger charge is -2.10. The number of benzene rings is 2. The Morgan fingerprint density at radius 1 is 0.848 bits per heavy atom. The van der Waals surface area contributed by atoms with Gasteiger partial charge in [-0.3, -0.25) is 9.97 Å². The van der Waals surface area contributed by atoms with E-state index in [1.165, 1.54) is 0 Å². The number of rotatable bonds is 5. The molecule has 0 atom stereocenters. The third-order valence-electron chi connectivity index (χ3n) is 5.44. The Morgan fingerprint density at radius 2 is 1.76 bits per heavy atom. The largest absolute Gasteiger partial charge is 0.365 e. The van der Waals surface area contributed by atoms with Crippen LogP contribution in [-0.4, -0.2) is 19.9 Å². The van der Waals surface area contributed by atoms with Crippen LogP contribution < -0.4 is 5.32 Å². The molecule has 1 N–H and O–H groups in total. The van der Waals surface area contributed by atoms with Crippen LogP contribution >= 0.6 is 0 Å². The van der Waals surface area contributed by atoms with Gasteiger partial charge in [-0.1, -0.05) is 24.3 Å². The van der Waals surface area contributed by atoms with E-state index in [0.717, 1.165) is 50.4 Å². The van der Waals surface area contributed by atoms with Crippen molar-refractivity contribution in [2.45, 2.75) is 13.5 Å². The summed E-state index contributed by atoms with van der Waals surface area (Å²) >= 11 is 0. The normalized spacial score (nSPS) is 10.7. The molecule has 0 aliphatic heterocycles. The van der Waals surface area contributed by atoms with Gasteiger partial charge in [-0.05, 0) is 66.1 Å². The fourth-order valence-electron chi connectivity index (χ4n) is 3.74. The minimum atomic E-state index is 0.598. The average molecular weight is 428 g/mol. The molecule has 6 nitrogen and oxygen atoms in total. The zero-order valence-electron chi connectivity index (χ0n) is 18.0. The van der Waals surface area contributed by atoms with Crippen molar-refractivity contribution in [3.63, 3.8) is 0 Å². The second-order valence-electron chi connectivity index (χ2n) is 7.74. The molecule has 3 aromatic heterocycles. The van der Waals surface area contributed by atoms with Gasteiger partial charge in [0.1, 0.15) is 12.1 Å². The van der Waals surface area contributed by atoms with Crippen LogP contribution in [0.25, 0.3) is 33.3 Å². The molecule has 0 spiro atoms. The lowest BCUT2D eigenvalue weighted by molar-refractivity contribution is 1.08. The molecule has 3 heterocycles. The van der Waals surface area contributed by atoms with Crippen molar-refractivity contribution < 1.29 is 0 Å². The van der Waals surface area contributed by atoms with E-state index in [4.69, 9.17) is 5.26 Å². The summed E-state index contributed by atoms with van der Waals surface area (Å²) in [6.45, 7) is 2.57. The minimum Gasteiger partial charge on any atom is -0.365 e. The molecular weight excluding hydrogens is 408 g/mol. The summed E-state index contributed by atoms with van der Waals surface area (Å²) in [5.74, 6) is 0.770. The fraction of sp³-hybridized carbons (Fsp3) is 0.0741. The number of nitrogens with one attached hydrogen (secondary N) is 1. The summed E-state index contributed by atoms with van der Waals surface area (Å²) in [5, 5.41) is 13.5. The fourth-order valence-corrected chi connectivity index (χ4v) is 3.74. The van der Waals surface area contributed by atoms with E-state index in [1.54, 1.807) is 18.6 Å². The van der Waals surface area contributed by atoms with Crippen molar-refractivity contribution in [1.29, 1.82) is 5.26 Å². The summed E-state index contributed by atoms with van der Waals surface area (Å²) in [4.78, 5) is 17.7. The van der Waals surface area contributed by atoms with Crippen molar-refractivity contribution in [2.75, 3.05) is 5.32 Å². The lowest BCUT2D eigenvalue weighted by atomic mass is 10.0. The number of nitriles is 1. The van der Waals surface area contributed by atoms with E-state index < -0.39 is 0 Å². The Labute approximate surface area is 191 Å². The van der Waals surface area contributed by atoms with Gasteiger partial charge < -0.3 is 5.32 Å². The van der Waals surface area contributed by atoms with Crippen LogP contribution in [0.3, 0.4) is 0 Å². The van der Waals surface area contributed by atoms with Crippen molar-refractivity contribution >= 4 is 16.7 Å². The zero-order chi connectivity index (χ0) is 22.6. The molecule has 5 rings (SSSR count). The maximum atomic E-state index is 9.17. The number of hydrogen-bond donors (Lipinski definition) is 1. The van der Waals surface area contributed by atoms with Gasteiger partial charge in [0, 0.05) is 35.6 Å². The van der Waals surface area contributed by atoms with Gasteiger partial charge in [0.05, 0.1) is 22.8 Å². The topological polar surface area (TPSA) is 87.4 Å². The van der Waals surface area contributed by atoms with Crippen molar-refractivity contribution in [3.05, 3.63) is 102 Å². The van der Waals surface area contributed by atoms with Crippen molar-refractivity contribution in [3.8, 4) is 28.5 Å². The van der Waals surface area contributed by atoms with Crippen LogP contribution in [0.4, 0.5) is 5.82 Å². The Morgan fingerprint density at radius 3 is 2.58 bits per heavy atom. The molecule has 0 radical (unpaired) electrons. The Bertz CT molecular complexity index is 1490. The molecule has 0 amide bonds. The number of anilines is 1. The second-order valence-corrected chi connectivity index (χ2v) is 7.74. The molecule has 0 saturated carbocycles. The van der Waals surface area contributed by atoms with Crippen molar-refractivity contribution in [1.82, 2.24) is 19.9 Å². The quantitative estimate of drug-likeness (QED) is 0.395. The van der Waals surface area contributed by atoms with Gasteiger partial charge >= 0.3 is 0 Å². The maximum Gasteiger partial charge on any atom is 0.137 e. The average Bonchev–Trinajstić information content (AvgIpc) is 2.87. The summed E-state index contributed by atoms with van der Waals surface area (Å²) in [5.41, 5.74) is 7.47. The van der Waals surface area contributed by atoms with Gasteiger partial charge in [0.2, 0.25) is 0 Å². The molecule has 0 aliphatic carbocycles. The molecule has 5 aromatic rings. The molecule has 158 valence electrons. The molecule has 6 heteroatoms. The van der Waals surface area contributed by atoms with E-state index in [0.29, 0.717) is 12.1 Å². The number of hydrogen-bond acceptors (Lipinski definition) is 6. The number of aromatic nitrogens is 4. The first-order valence-electron chi connectivity index (χ1n) is 10.6. The number of aryl methyl sites for hydroxylation is 1. The predicted molar refractivity (Wildman–Crippen MR) is 129 cm³/mol. The molecule has 0 unspecified atom stereocenters. The monoisotopic (exact) mass is 428 g/mol. The van der Waals surface area contributed by atoms with Crippen LogP contribution in [0.15, 0.2) is 85.5 Å². The van der Waals surface area contributed by atoms with Crippen LogP contribution in [-0.2, 0) is 6.54 Å². The number of nitrogens with zero attached hydrogens (tertiary/aromatic N) is 5. The van der Waals surface area contributed by atoms with Crippen molar-refractivity contribution in [2.24, 2.45) is 0 Å². The zero-order valence-corrected chi connectivity index (χ0v) is 18.0. The Kier molecular flexibility index (Phi) is 5.44. The Balaban J connectivity index is 1.35. The summed E-state index contributed by atoms with van der Waals surface area (Å²) < 4.78 is 0. The third kappa shape index (κ3) is 4.39. The molecule has 0 fully saturated rings. The van der Waals surface area contributed by atoms with E-state index in [1.807, 2.05) is 67.7 Å². The SMILES string of the molecule is Cc1cc(-c2ccc(CNc3ncnc4cc(-c5cccc(C#N)c5)ccc34)cn2)ccn1. The van der Waals surface area contributed by atoms with Crippen LogP contribution in [0, 0.1) is 18.3 Å². The summed E-state index contributed by atoms with van der Waals surface area (Å²) in [6.07, 6.45) is 5.24. The molecule has 33 heavy (non-hydrogen) atoms. The standard InChI is InChI=1S/C27H20N6/c1-18-11-23(9-10-29-18)25-8-5-20(15-30-25)16-31-27-24-7-6-22(13-26(24)32-17-33-27)21-4-2-3-19(12-21)14-28/h2-13,15,17H,16H2,1H3,(H,31,32,33). The highest BCUT2D eigenvalue weighted by Gasteiger charge is 2.07.